The monoisotopic (exact) mass is 333 g/mol. The number of nitrogens with one attached hydrogen (secondary N) is 3. The van der Waals surface area contributed by atoms with Crippen LogP contribution in [-0.2, 0) is 4.79 Å². The molecular weight excluding hydrogens is 302 g/mol. The number of hydrogen-bond donors (Lipinski definition) is 3. The first-order valence-electron chi connectivity index (χ1n) is 8.79. The number of hydrogen-bond acceptors (Lipinski definition) is 2. The standard InChI is InChI=1S/C19H31N3O2/c1-6-8-21-18(23)11-15-10-17(13(3)4)16(9-14(15)5)12-22-19(24)20-7-2/h1,9,13,15-17H,7-8,10-12H2,2-5H3,(H,21,23)(H2,20,22,24). The van der Waals surface area contributed by atoms with Crippen molar-refractivity contribution in [1.82, 2.24) is 16.0 Å². The van der Waals surface area contributed by atoms with Crippen molar-refractivity contribution in [2.24, 2.45) is 23.7 Å². The van der Waals surface area contributed by atoms with E-state index in [2.05, 4.69) is 48.7 Å². The maximum Gasteiger partial charge on any atom is 0.314 e. The Morgan fingerprint density at radius 3 is 2.62 bits per heavy atom. The molecule has 0 aromatic heterocycles. The van der Waals surface area contributed by atoms with E-state index in [4.69, 9.17) is 6.42 Å². The SMILES string of the molecule is C#CCNC(=O)CC1CC(C(C)C)C(CNC(=O)NCC)C=C1C. The summed E-state index contributed by atoms with van der Waals surface area (Å²) in [6.07, 6.45) is 8.86. The predicted molar refractivity (Wildman–Crippen MR) is 97.2 cm³/mol. The van der Waals surface area contributed by atoms with Crippen LogP contribution in [0.1, 0.15) is 40.5 Å². The smallest absolute Gasteiger partial charge is 0.314 e. The molecule has 3 atom stereocenters. The molecule has 0 bridgehead atoms. The molecule has 5 nitrogen and oxygen atoms in total. The first kappa shape index (κ1) is 20.1. The van der Waals surface area contributed by atoms with Crippen LogP contribution in [0, 0.1) is 36.0 Å². The van der Waals surface area contributed by atoms with Crippen molar-refractivity contribution >= 4 is 11.9 Å². The summed E-state index contributed by atoms with van der Waals surface area (Å²) in [5.74, 6) is 3.92. The van der Waals surface area contributed by atoms with Crippen molar-refractivity contribution in [3.8, 4) is 12.3 Å². The quantitative estimate of drug-likeness (QED) is 0.494. The van der Waals surface area contributed by atoms with E-state index in [-0.39, 0.29) is 24.4 Å². The van der Waals surface area contributed by atoms with Gasteiger partial charge in [-0.25, -0.2) is 4.79 Å². The number of allylic oxidation sites excluding steroid dienone is 1. The molecule has 0 saturated heterocycles. The van der Waals surface area contributed by atoms with E-state index in [0.717, 1.165) is 6.42 Å². The Kier molecular flexibility index (Phi) is 8.39. The third-order valence-corrected chi connectivity index (χ3v) is 4.74. The molecule has 1 rings (SSSR count). The highest BCUT2D eigenvalue weighted by atomic mass is 16.2. The van der Waals surface area contributed by atoms with Gasteiger partial charge in [0.05, 0.1) is 6.54 Å². The summed E-state index contributed by atoms with van der Waals surface area (Å²) in [7, 11) is 0. The molecule has 0 heterocycles. The second-order valence-corrected chi connectivity index (χ2v) is 6.84. The topological polar surface area (TPSA) is 70.2 Å². The van der Waals surface area contributed by atoms with Gasteiger partial charge in [0.25, 0.3) is 0 Å². The lowest BCUT2D eigenvalue weighted by Gasteiger charge is -2.37. The second-order valence-electron chi connectivity index (χ2n) is 6.84. The molecular formula is C19H31N3O2. The average molecular weight is 333 g/mol. The fraction of sp³-hybridized carbons (Fsp3) is 0.684. The van der Waals surface area contributed by atoms with Crippen LogP contribution in [0.15, 0.2) is 11.6 Å². The van der Waals surface area contributed by atoms with E-state index in [1.165, 1.54) is 5.57 Å². The summed E-state index contributed by atoms with van der Waals surface area (Å²) in [4.78, 5) is 23.6. The molecule has 3 amide bonds. The molecule has 5 heteroatoms. The Labute approximate surface area is 146 Å². The van der Waals surface area contributed by atoms with E-state index in [9.17, 15) is 9.59 Å². The fourth-order valence-corrected chi connectivity index (χ4v) is 3.39. The zero-order chi connectivity index (χ0) is 18.1. The van der Waals surface area contributed by atoms with Gasteiger partial charge < -0.3 is 16.0 Å². The van der Waals surface area contributed by atoms with Crippen molar-refractivity contribution < 1.29 is 9.59 Å². The van der Waals surface area contributed by atoms with E-state index >= 15 is 0 Å². The first-order chi connectivity index (χ1) is 11.4. The van der Waals surface area contributed by atoms with Gasteiger partial charge in [0.15, 0.2) is 0 Å². The minimum atomic E-state index is -0.123. The third-order valence-electron chi connectivity index (χ3n) is 4.74. The van der Waals surface area contributed by atoms with E-state index < -0.39 is 0 Å². The van der Waals surface area contributed by atoms with Crippen LogP contribution in [-0.4, -0.2) is 31.6 Å². The van der Waals surface area contributed by atoms with Crippen molar-refractivity contribution in [2.75, 3.05) is 19.6 Å². The molecule has 134 valence electrons. The Morgan fingerprint density at radius 2 is 2.04 bits per heavy atom. The van der Waals surface area contributed by atoms with Crippen LogP contribution >= 0.6 is 0 Å². The van der Waals surface area contributed by atoms with Crippen LogP contribution in [0.3, 0.4) is 0 Å². The van der Waals surface area contributed by atoms with Gasteiger partial charge in [-0.15, -0.1) is 6.42 Å². The molecule has 0 fully saturated rings. The highest BCUT2D eigenvalue weighted by molar-refractivity contribution is 5.76. The minimum Gasteiger partial charge on any atom is -0.345 e. The van der Waals surface area contributed by atoms with Crippen molar-refractivity contribution in [2.45, 2.75) is 40.5 Å². The molecule has 0 aliphatic heterocycles. The molecule has 0 aromatic rings. The number of carbonyl (C=O) groups is 2. The molecule has 24 heavy (non-hydrogen) atoms. The number of urea groups is 1. The molecule has 3 unspecified atom stereocenters. The second kappa shape index (κ2) is 10.0. The summed E-state index contributed by atoms with van der Waals surface area (Å²) in [6.45, 7) is 9.91. The minimum absolute atomic E-state index is 0.00658. The maximum atomic E-state index is 12.0. The van der Waals surface area contributed by atoms with Crippen molar-refractivity contribution in [3.63, 3.8) is 0 Å². The van der Waals surface area contributed by atoms with Crippen molar-refractivity contribution in [3.05, 3.63) is 11.6 Å². The lowest BCUT2D eigenvalue weighted by Crippen LogP contribution is -2.41. The summed E-state index contributed by atoms with van der Waals surface area (Å²) >= 11 is 0. The number of terminal acetylenes is 1. The fourth-order valence-electron chi connectivity index (χ4n) is 3.39. The summed E-state index contributed by atoms with van der Waals surface area (Å²) in [6, 6.07) is -0.123. The first-order valence-corrected chi connectivity index (χ1v) is 8.79. The Morgan fingerprint density at radius 1 is 1.33 bits per heavy atom. The van der Waals surface area contributed by atoms with E-state index in [1.54, 1.807) is 0 Å². The molecule has 0 radical (unpaired) electrons. The van der Waals surface area contributed by atoms with Gasteiger partial charge in [-0.3, -0.25) is 4.79 Å². The molecule has 0 aromatic carbocycles. The summed E-state index contributed by atoms with van der Waals surface area (Å²) in [5.41, 5.74) is 1.23. The molecule has 1 aliphatic rings. The van der Waals surface area contributed by atoms with Crippen LogP contribution in [0.4, 0.5) is 4.79 Å². The predicted octanol–water partition coefficient (Wildman–Crippen LogP) is 2.30. The number of carbonyl (C=O) groups excluding carboxylic acids is 2. The number of amides is 3. The van der Waals surface area contributed by atoms with Gasteiger partial charge >= 0.3 is 6.03 Å². The Hall–Kier alpha value is -1.96. The zero-order valence-corrected chi connectivity index (χ0v) is 15.3. The largest absolute Gasteiger partial charge is 0.345 e. The highest BCUT2D eigenvalue weighted by Crippen LogP contribution is 2.38. The lowest BCUT2D eigenvalue weighted by atomic mass is 9.70. The van der Waals surface area contributed by atoms with Gasteiger partial charge in [-0.2, -0.15) is 0 Å². The van der Waals surface area contributed by atoms with Crippen LogP contribution < -0.4 is 16.0 Å². The average Bonchev–Trinajstić information content (AvgIpc) is 2.53. The van der Waals surface area contributed by atoms with Gasteiger partial charge in [-0.1, -0.05) is 31.4 Å². The zero-order valence-electron chi connectivity index (χ0n) is 15.3. The summed E-state index contributed by atoms with van der Waals surface area (Å²) < 4.78 is 0. The maximum absolute atomic E-state index is 12.0. The van der Waals surface area contributed by atoms with E-state index in [0.29, 0.717) is 37.3 Å². The van der Waals surface area contributed by atoms with Gasteiger partial charge in [-0.05, 0) is 43.9 Å². The van der Waals surface area contributed by atoms with E-state index in [1.807, 2.05) is 6.92 Å². The normalized spacial score (nSPS) is 23.2. The lowest BCUT2D eigenvalue weighted by molar-refractivity contribution is -0.121. The number of rotatable bonds is 7. The van der Waals surface area contributed by atoms with Crippen molar-refractivity contribution in [1.29, 1.82) is 0 Å². The molecule has 3 N–H and O–H groups in total. The van der Waals surface area contributed by atoms with Crippen LogP contribution in [0.25, 0.3) is 0 Å². The Bertz CT molecular complexity index is 505. The van der Waals surface area contributed by atoms with Crippen LogP contribution in [0.2, 0.25) is 0 Å². The molecule has 1 aliphatic carbocycles. The van der Waals surface area contributed by atoms with Gasteiger partial charge in [0, 0.05) is 19.5 Å². The summed E-state index contributed by atoms with van der Waals surface area (Å²) in [5, 5.41) is 8.44. The van der Waals surface area contributed by atoms with Gasteiger partial charge in [0.1, 0.15) is 0 Å². The highest BCUT2D eigenvalue weighted by Gasteiger charge is 2.32. The van der Waals surface area contributed by atoms with Crippen LogP contribution in [0.5, 0.6) is 0 Å². The van der Waals surface area contributed by atoms with Gasteiger partial charge in [0.2, 0.25) is 5.91 Å². The molecule has 0 saturated carbocycles. The molecule has 0 spiro atoms. The Balaban J connectivity index is 2.72. The third kappa shape index (κ3) is 6.27.